The van der Waals surface area contributed by atoms with Crippen LogP contribution in [0.1, 0.15) is 17.0 Å². The Hall–Kier alpha value is -2.99. The van der Waals surface area contributed by atoms with E-state index in [2.05, 4.69) is 4.98 Å². The Morgan fingerprint density at radius 3 is 2.52 bits per heavy atom. The monoisotopic (exact) mass is 312 g/mol. The van der Waals surface area contributed by atoms with Crippen LogP contribution in [0.25, 0.3) is 11.3 Å². The normalized spacial score (nSPS) is 11.9. The molecule has 2 N–H and O–H groups in total. The molecule has 1 atom stereocenters. The Morgan fingerprint density at radius 2 is 1.91 bits per heavy atom. The molecular formula is C17H13FN2O3. The van der Waals surface area contributed by atoms with E-state index in [9.17, 15) is 9.18 Å². The lowest BCUT2D eigenvalue weighted by molar-refractivity contribution is -0.129. The molecule has 1 amide bonds. The van der Waals surface area contributed by atoms with Gasteiger partial charge in [-0.3, -0.25) is 10.0 Å². The molecule has 0 saturated carbocycles. The highest BCUT2D eigenvalue weighted by molar-refractivity contribution is 5.86. The van der Waals surface area contributed by atoms with Gasteiger partial charge in [-0.05, 0) is 11.6 Å². The van der Waals surface area contributed by atoms with Crippen LogP contribution in [0.15, 0.2) is 65.5 Å². The fourth-order valence-electron chi connectivity index (χ4n) is 2.44. The first-order valence-corrected chi connectivity index (χ1v) is 6.88. The highest BCUT2D eigenvalue weighted by Crippen LogP contribution is 2.29. The van der Waals surface area contributed by atoms with Crippen molar-refractivity contribution in [2.24, 2.45) is 0 Å². The number of carbonyl (C=O) groups is 1. The van der Waals surface area contributed by atoms with E-state index in [4.69, 9.17) is 9.62 Å². The van der Waals surface area contributed by atoms with Gasteiger partial charge in [0.1, 0.15) is 5.82 Å². The summed E-state index contributed by atoms with van der Waals surface area (Å²) in [5.41, 5.74) is 3.11. The summed E-state index contributed by atoms with van der Waals surface area (Å²) in [6.07, 6.45) is 2.90. The van der Waals surface area contributed by atoms with Crippen LogP contribution in [0.4, 0.5) is 4.39 Å². The zero-order chi connectivity index (χ0) is 16.2. The van der Waals surface area contributed by atoms with Crippen molar-refractivity contribution in [3.63, 3.8) is 0 Å². The topological polar surface area (TPSA) is 75.4 Å². The van der Waals surface area contributed by atoms with Crippen molar-refractivity contribution in [1.29, 1.82) is 0 Å². The Balaban J connectivity index is 2.01. The minimum Gasteiger partial charge on any atom is -0.444 e. The van der Waals surface area contributed by atoms with Crippen molar-refractivity contribution < 1.29 is 18.8 Å². The third-order valence-electron chi connectivity index (χ3n) is 3.55. The van der Waals surface area contributed by atoms with Crippen molar-refractivity contribution in [2.45, 2.75) is 5.92 Å². The number of rotatable bonds is 4. The second-order valence-electron chi connectivity index (χ2n) is 4.92. The number of nitrogens with zero attached hydrogens (tertiary/aromatic N) is 1. The third kappa shape index (κ3) is 2.97. The number of oxazole rings is 1. The third-order valence-corrected chi connectivity index (χ3v) is 3.55. The zero-order valence-corrected chi connectivity index (χ0v) is 11.9. The lowest BCUT2D eigenvalue weighted by atomic mass is 9.89. The number of hydrogen-bond acceptors (Lipinski definition) is 4. The van der Waals surface area contributed by atoms with Crippen LogP contribution in [-0.2, 0) is 4.79 Å². The van der Waals surface area contributed by atoms with Gasteiger partial charge >= 0.3 is 0 Å². The van der Waals surface area contributed by atoms with Crippen LogP contribution >= 0.6 is 0 Å². The summed E-state index contributed by atoms with van der Waals surface area (Å²) in [7, 11) is 0. The van der Waals surface area contributed by atoms with Gasteiger partial charge in [0, 0.05) is 11.1 Å². The molecular weight excluding hydrogens is 299 g/mol. The smallest absolute Gasteiger partial charge is 0.255 e. The summed E-state index contributed by atoms with van der Waals surface area (Å²) in [5.74, 6) is -1.58. The standard InChI is InChI=1S/C17H13FN2O3/c18-14-4-2-1-3-13(14)16(17(21)20-22)12-7-5-11(6-8-12)15-9-19-10-23-15/h1-10,16,22H,(H,20,21). The van der Waals surface area contributed by atoms with Gasteiger partial charge in [-0.1, -0.05) is 42.5 Å². The van der Waals surface area contributed by atoms with E-state index in [1.165, 1.54) is 18.5 Å². The van der Waals surface area contributed by atoms with E-state index in [0.717, 1.165) is 5.56 Å². The van der Waals surface area contributed by atoms with Crippen LogP contribution in [0.2, 0.25) is 0 Å². The number of hydroxylamine groups is 1. The molecule has 0 aliphatic heterocycles. The quantitative estimate of drug-likeness (QED) is 0.573. The molecule has 1 heterocycles. The van der Waals surface area contributed by atoms with Crippen LogP contribution in [0.3, 0.4) is 0 Å². The van der Waals surface area contributed by atoms with E-state index in [1.54, 1.807) is 48.1 Å². The first-order valence-electron chi connectivity index (χ1n) is 6.88. The van der Waals surface area contributed by atoms with Gasteiger partial charge in [-0.15, -0.1) is 0 Å². The highest BCUT2D eigenvalue weighted by Gasteiger charge is 2.25. The molecule has 0 aliphatic rings. The molecule has 1 aromatic heterocycles. The minimum atomic E-state index is -0.954. The SMILES string of the molecule is O=C(NO)C(c1ccc(-c2cnco2)cc1)c1ccccc1F. The van der Waals surface area contributed by atoms with Gasteiger partial charge in [0.2, 0.25) is 0 Å². The van der Waals surface area contributed by atoms with Gasteiger partial charge in [0.05, 0.1) is 12.1 Å². The molecule has 6 heteroatoms. The Labute approximate surface area is 131 Å². The van der Waals surface area contributed by atoms with E-state index in [1.807, 2.05) is 0 Å². The zero-order valence-electron chi connectivity index (χ0n) is 11.9. The largest absolute Gasteiger partial charge is 0.444 e. The number of carbonyl (C=O) groups excluding carboxylic acids is 1. The van der Waals surface area contributed by atoms with Crippen LogP contribution in [0, 0.1) is 5.82 Å². The van der Waals surface area contributed by atoms with Gasteiger partial charge in [-0.2, -0.15) is 0 Å². The van der Waals surface area contributed by atoms with Crippen molar-refractivity contribution in [3.05, 3.63) is 78.1 Å². The molecule has 5 nitrogen and oxygen atoms in total. The molecule has 0 bridgehead atoms. The van der Waals surface area contributed by atoms with E-state index < -0.39 is 17.6 Å². The number of amides is 1. The molecule has 1 unspecified atom stereocenters. The summed E-state index contributed by atoms with van der Waals surface area (Å²) in [4.78, 5) is 15.9. The van der Waals surface area contributed by atoms with Gasteiger partial charge in [0.15, 0.2) is 12.2 Å². The first kappa shape index (κ1) is 14.9. The second-order valence-corrected chi connectivity index (χ2v) is 4.92. The van der Waals surface area contributed by atoms with Crippen LogP contribution in [-0.4, -0.2) is 16.1 Å². The summed E-state index contributed by atoms with van der Waals surface area (Å²) < 4.78 is 19.2. The number of nitrogens with one attached hydrogen (secondary N) is 1. The average Bonchev–Trinajstić information content (AvgIpc) is 3.12. The number of hydrogen-bond donors (Lipinski definition) is 2. The predicted octanol–water partition coefficient (Wildman–Crippen LogP) is 3.12. The van der Waals surface area contributed by atoms with E-state index in [-0.39, 0.29) is 5.56 Å². The fraction of sp³-hybridized carbons (Fsp3) is 0.0588. The Morgan fingerprint density at radius 1 is 1.17 bits per heavy atom. The number of halogens is 1. The number of benzene rings is 2. The first-order chi connectivity index (χ1) is 11.2. The summed E-state index contributed by atoms with van der Waals surface area (Å²) >= 11 is 0. The molecule has 0 fully saturated rings. The van der Waals surface area contributed by atoms with Gasteiger partial charge in [-0.25, -0.2) is 14.9 Å². The molecule has 0 spiro atoms. The fourth-order valence-corrected chi connectivity index (χ4v) is 2.44. The maximum absolute atomic E-state index is 14.0. The average molecular weight is 312 g/mol. The van der Waals surface area contributed by atoms with E-state index in [0.29, 0.717) is 11.3 Å². The van der Waals surface area contributed by atoms with Crippen molar-refractivity contribution >= 4 is 5.91 Å². The predicted molar refractivity (Wildman–Crippen MR) is 80.1 cm³/mol. The summed E-state index contributed by atoms with van der Waals surface area (Å²) in [6, 6.07) is 12.8. The van der Waals surface area contributed by atoms with Gasteiger partial charge < -0.3 is 4.42 Å². The molecule has 3 aromatic rings. The maximum atomic E-state index is 14.0. The van der Waals surface area contributed by atoms with Crippen molar-refractivity contribution in [2.75, 3.05) is 0 Å². The molecule has 2 aromatic carbocycles. The van der Waals surface area contributed by atoms with Crippen LogP contribution in [0.5, 0.6) is 0 Å². The van der Waals surface area contributed by atoms with E-state index >= 15 is 0 Å². The molecule has 3 rings (SSSR count). The Kier molecular flexibility index (Phi) is 4.16. The number of aromatic nitrogens is 1. The van der Waals surface area contributed by atoms with Crippen molar-refractivity contribution in [3.8, 4) is 11.3 Å². The van der Waals surface area contributed by atoms with Crippen LogP contribution < -0.4 is 5.48 Å². The Bertz CT molecular complexity index is 801. The molecule has 0 aliphatic carbocycles. The molecule has 0 saturated heterocycles. The van der Waals surface area contributed by atoms with Crippen molar-refractivity contribution in [1.82, 2.24) is 10.5 Å². The lowest BCUT2D eigenvalue weighted by Gasteiger charge is -2.16. The molecule has 23 heavy (non-hydrogen) atoms. The summed E-state index contributed by atoms with van der Waals surface area (Å²) in [5, 5.41) is 8.98. The lowest BCUT2D eigenvalue weighted by Crippen LogP contribution is -2.27. The van der Waals surface area contributed by atoms with Gasteiger partial charge in [0.25, 0.3) is 5.91 Å². The molecule has 0 radical (unpaired) electrons. The molecule has 116 valence electrons. The second kappa shape index (κ2) is 6.41. The minimum absolute atomic E-state index is 0.187. The maximum Gasteiger partial charge on any atom is 0.255 e. The summed E-state index contributed by atoms with van der Waals surface area (Å²) in [6.45, 7) is 0. The highest BCUT2D eigenvalue weighted by atomic mass is 19.1.